The van der Waals surface area contributed by atoms with Gasteiger partial charge in [-0.1, -0.05) is 6.07 Å². The van der Waals surface area contributed by atoms with Crippen LogP contribution in [0.1, 0.15) is 12.6 Å². The number of aromatic nitrogens is 1. The Balaban J connectivity index is 0.000000292. The smallest absolute Gasteiger partial charge is 0.0852 e. The van der Waals surface area contributed by atoms with Crippen LogP contribution in [0.2, 0.25) is 0 Å². The van der Waals surface area contributed by atoms with Crippen LogP contribution in [0.15, 0.2) is 24.4 Å². The molecule has 0 bridgehead atoms. The van der Waals surface area contributed by atoms with Gasteiger partial charge in [0.25, 0.3) is 0 Å². The standard InChI is InChI=1S/C6H7NO.C2H6O/c8-5-6-3-1-2-4-7-6;1-2-3/h1-4,8H,5H2;3H,2H2,1H3. The third kappa shape index (κ3) is 5.51. The minimum atomic E-state index is 0.0286. The highest BCUT2D eigenvalue weighted by Gasteiger charge is 1.82. The Labute approximate surface area is 66.3 Å². The van der Waals surface area contributed by atoms with Gasteiger partial charge in [-0.25, -0.2) is 0 Å². The molecule has 1 aromatic rings. The summed E-state index contributed by atoms with van der Waals surface area (Å²) in [5, 5.41) is 16.0. The van der Waals surface area contributed by atoms with E-state index in [9.17, 15) is 0 Å². The van der Waals surface area contributed by atoms with Gasteiger partial charge in [-0.3, -0.25) is 4.98 Å². The number of aliphatic hydroxyl groups excluding tert-OH is 2. The predicted molar refractivity (Wildman–Crippen MR) is 42.9 cm³/mol. The van der Waals surface area contributed by atoms with E-state index < -0.39 is 0 Å². The zero-order valence-electron chi connectivity index (χ0n) is 6.57. The average Bonchev–Trinajstić information content (AvgIpc) is 2.08. The van der Waals surface area contributed by atoms with Gasteiger partial charge in [-0.05, 0) is 19.1 Å². The second-order valence-corrected chi connectivity index (χ2v) is 1.80. The maximum absolute atomic E-state index is 8.48. The monoisotopic (exact) mass is 155 g/mol. The van der Waals surface area contributed by atoms with Gasteiger partial charge < -0.3 is 10.2 Å². The molecule has 0 fully saturated rings. The molecule has 0 amide bonds. The summed E-state index contributed by atoms with van der Waals surface area (Å²) in [5.41, 5.74) is 0.715. The number of hydrogen-bond donors (Lipinski definition) is 2. The molecule has 1 aromatic heterocycles. The Bertz CT molecular complexity index is 165. The fraction of sp³-hybridized carbons (Fsp3) is 0.375. The van der Waals surface area contributed by atoms with E-state index in [1.165, 1.54) is 0 Å². The maximum atomic E-state index is 8.48. The van der Waals surface area contributed by atoms with Gasteiger partial charge in [0.15, 0.2) is 0 Å². The van der Waals surface area contributed by atoms with Gasteiger partial charge >= 0.3 is 0 Å². The Kier molecular flexibility index (Phi) is 6.57. The highest BCUT2D eigenvalue weighted by Crippen LogP contribution is 1.89. The number of aliphatic hydroxyl groups is 2. The second-order valence-electron chi connectivity index (χ2n) is 1.80. The Morgan fingerprint density at radius 3 is 2.27 bits per heavy atom. The maximum Gasteiger partial charge on any atom is 0.0852 e. The van der Waals surface area contributed by atoms with E-state index in [2.05, 4.69) is 4.98 Å². The molecule has 0 unspecified atom stereocenters. The first-order chi connectivity index (χ1) is 5.35. The fourth-order valence-corrected chi connectivity index (χ4v) is 0.492. The molecule has 0 spiro atoms. The molecule has 2 N–H and O–H groups in total. The van der Waals surface area contributed by atoms with Crippen molar-refractivity contribution < 1.29 is 10.2 Å². The van der Waals surface area contributed by atoms with Gasteiger partial charge in [-0.2, -0.15) is 0 Å². The van der Waals surface area contributed by atoms with Crippen LogP contribution in [0, 0.1) is 0 Å². The first-order valence-electron chi connectivity index (χ1n) is 3.46. The number of hydrogen-bond acceptors (Lipinski definition) is 3. The van der Waals surface area contributed by atoms with Crippen LogP contribution in [0.3, 0.4) is 0 Å². The van der Waals surface area contributed by atoms with Crippen LogP contribution in [0.25, 0.3) is 0 Å². The van der Waals surface area contributed by atoms with E-state index in [1.54, 1.807) is 19.2 Å². The molecule has 1 rings (SSSR count). The summed E-state index contributed by atoms with van der Waals surface area (Å²) in [7, 11) is 0. The summed E-state index contributed by atoms with van der Waals surface area (Å²) in [4.78, 5) is 3.85. The number of pyridine rings is 1. The first kappa shape index (κ1) is 10.1. The highest BCUT2D eigenvalue weighted by molar-refractivity contribution is 5.01. The Morgan fingerprint density at radius 2 is 2.00 bits per heavy atom. The van der Waals surface area contributed by atoms with Crippen molar-refractivity contribution in [2.45, 2.75) is 13.5 Å². The van der Waals surface area contributed by atoms with Crippen molar-refractivity contribution in [2.24, 2.45) is 0 Å². The molecule has 3 nitrogen and oxygen atoms in total. The van der Waals surface area contributed by atoms with Crippen molar-refractivity contribution in [3.63, 3.8) is 0 Å². The molecular formula is C8H13NO2. The summed E-state index contributed by atoms with van der Waals surface area (Å²) in [6.45, 7) is 1.96. The third-order valence-corrected chi connectivity index (χ3v) is 0.888. The van der Waals surface area contributed by atoms with Gasteiger partial charge in [0.1, 0.15) is 0 Å². The lowest BCUT2D eigenvalue weighted by molar-refractivity contribution is 0.277. The lowest BCUT2D eigenvalue weighted by atomic mass is 10.4. The quantitative estimate of drug-likeness (QED) is 0.623. The summed E-state index contributed by atoms with van der Waals surface area (Å²) >= 11 is 0. The Morgan fingerprint density at radius 1 is 1.36 bits per heavy atom. The molecular weight excluding hydrogens is 142 g/mol. The molecule has 3 heteroatoms. The van der Waals surface area contributed by atoms with Gasteiger partial charge in [0.05, 0.1) is 12.3 Å². The van der Waals surface area contributed by atoms with Crippen LogP contribution >= 0.6 is 0 Å². The van der Waals surface area contributed by atoms with Crippen LogP contribution < -0.4 is 0 Å². The molecule has 0 aliphatic rings. The lowest BCUT2D eigenvalue weighted by Crippen LogP contribution is -1.84. The molecule has 0 aliphatic heterocycles. The van der Waals surface area contributed by atoms with Crippen molar-refractivity contribution in [2.75, 3.05) is 6.61 Å². The molecule has 0 aromatic carbocycles. The number of nitrogens with zero attached hydrogens (tertiary/aromatic N) is 1. The average molecular weight is 155 g/mol. The van der Waals surface area contributed by atoms with Crippen LogP contribution in [-0.2, 0) is 6.61 Å². The lowest BCUT2D eigenvalue weighted by Gasteiger charge is -1.88. The molecule has 0 saturated heterocycles. The van der Waals surface area contributed by atoms with Gasteiger partial charge in [-0.15, -0.1) is 0 Å². The topological polar surface area (TPSA) is 53.4 Å². The van der Waals surface area contributed by atoms with Crippen LogP contribution in [-0.4, -0.2) is 21.8 Å². The van der Waals surface area contributed by atoms with Gasteiger partial charge in [0.2, 0.25) is 0 Å². The highest BCUT2D eigenvalue weighted by atomic mass is 16.3. The van der Waals surface area contributed by atoms with Crippen LogP contribution in [0.5, 0.6) is 0 Å². The molecule has 11 heavy (non-hydrogen) atoms. The van der Waals surface area contributed by atoms with Crippen molar-refractivity contribution >= 4 is 0 Å². The van der Waals surface area contributed by atoms with Crippen LogP contribution in [0.4, 0.5) is 0 Å². The normalized spacial score (nSPS) is 8.27. The van der Waals surface area contributed by atoms with E-state index in [0.29, 0.717) is 5.69 Å². The number of rotatable bonds is 1. The Hall–Kier alpha value is -0.930. The largest absolute Gasteiger partial charge is 0.397 e. The molecule has 0 saturated carbocycles. The van der Waals surface area contributed by atoms with E-state index in [4.69, 9.17) is 10.2 Å². The summed E-state index contributed by atoms with van der Waals surface area (Å²) in [5.74, 6) is 0. The van der Waals surface area contributed by atoms with Crippen molar-refractivity contribution in [1.82, 2.24) is 4.98 Å². The SMILES string of the molecule is CCO.OCc1ccccn1. The summed E-state index contributed by atoms with van der Waals surface area (Å²) in [6, 6.07) is 5.44. The van der Waals surface area contributed by atoms with E-state index in [1.807, 2.05) is 12.1 Å². The first-order valence-corrected chi connectivity index (χ1v) is 3.46. The van der Waals surface area contributed by atoms with Crippen molar-refractivity contribution in [1.29, 1.82) is 0 Å². The predicted octanol–water partition coefficient (Wildman–Crippen LogP) is 0.573. The molecule has 0 atom stereocenters. The summed E-state index contributed by atoms with van der Waals surface area (Å²) in [6.07, 6.45) is 1.66. The fourth-order valence-electron chi connectivity index (χ4n) is 0.492. The minimum Gasteiger partial charge on any atom is -0.397 e. The second kappa shape index (κ2) is 7.18. The molecule has 0 radical (unpaired) electrons. The van der Waals surface area contributed by atoms with Gasteiger partial charge in [0, 0.05) is 12.8 Å². The van der Waals surface area contributed by atoms with Crippen molar-refractivity contribution in [3.05, 3.63) is 30.1 Å². The zero-order valence-corrected chi connectivity index (χ0v) is 6.57. The molecule has 1 heterocycles. The summed E-state index contributed by atoms with van der Waals surface area (Å²) < 4.78 is 0. The molecule has 62 valence electrons. The van der Waals surface area contributed by atoms with E-state index in [0.717, 1.165) is 0 Å². The molecule has 0 aliphatic carbocycles. The minimum absolute atomic E-state index is 0.0286. The van der Waals surface area contributed by atoms with E-state index in [-0.39, 0.29) is 13.2 Å². The third-order valence-electron chi connectivity index (χ3n) is 0.888. The van der Waals surface area contributed by atoms with Crippen molar-refractivity contribution in [3.8, 4) is 0 Å². The van der Waals surface area contributed by atoms with E-state index >= 15 is 0 Å². The zero-order chi connectivity index (χ0) is 8.53.